The minimum atomic E-state index is -0.487. The third-order valence-corrected chi connectivity index (χ3v) is 5.61. The molecule has 0 saturated carbocycles. The van der Waals surface area contributed by atoms with Crippen LogP contribution in [0, 0.1) is 5.92 Å². The lowest BCUT2D eigenvalue weighted by atomic mass is 9.97. The van der Waals surface area contributed by atoms with Crippen molar-refractivity contribution in [2.45, 2.75) is 41.0 Å². The van der Waals surface area contributed by atoms with Crippen molar-refractivity contribution in [3.8, 4) is 0 Å². The van der Waals surface area contributed by atoms with Crippen molar-refractivity contribution >= 4 is 23.5 Å². The Balaban J connectivity index is 2.84. The molecule has 0 aliphatic rings. The molecular weight excluding hydrogens is 504 g/mol. The summed E-state index contributed by atoms with van der Waals surface area (Å²) in [6.45, 7) is 27.5. The van der Waals surface area contributed by atoms with Gasteiger partial charge in [0, 0.05) is 22.6 Å². The third kappa shape index (κ3) is 12.4. The van der Waals surface area contributed by atoms with Crippen LogP contribution in [0.4, 0.5) is 0 Å². The fraction of sp³-hybridized carbons (Fsp3) is 0.265. The predicted octanol–water partition coefficient (Wildman–Crippen LogP) is 7.18. The van der Waals surface area contributed by atoms with Crippen molar-refractivity contribution in [1.82, 2.24) is 0 Å². The van der Waals surface area contributed by atoms with Gasteiger partial charge in [-0.05, 0) is 75.0 Å². The van der Waals surface area contributed by atoms with Crippen molar-refractivity contribution in [1.29, 1.82) is 0 Å². The Bertz CT molecular complexity index is 1240. The molecule has 6 nitrogen and oxygen atoms in total. The number of rotatable bonds is 15. The number of allylic oxidation sites excluding steroid dienone is 8. The van der Waals surface area contributed by atoms with Crippen LogP contribution in [0.15, 0.2) is 115 Å². The molecule has 0 N–H and O–H groups in total. The van der Waals surface area contributed by atoms with Crippen LogP contribution < -0.4 is 0 Å². The molecule has 212 valence electrons. The SMILES string of the molecule is C=C(C)C(=O)OCC(COC(=O)C(=C)C)Cc1ccc(C(=C)/C=C\C(=C)/C(C)=C/C=C(\C)OC(=O)C(=C)C)cc1. The molecule has 6 heteroatoms. The van der Waals surface area contributed by atoms with E-state index in [9.17, 15) is 14.4 Å². The molecule has 0 heterocycles. The summed E-state index contributed by atoms with van der Waals surface area (Å²) in [5.74, 6) is -1.22. The van der Waals surface area contributed by atoms with Gasteiger partial charge in [-0.1, -0.05) is 75.4 Å². The molecule has 0 aliphatic heterocycles. The molecule has 0 aromatic heterocycles. The first kappa shape index (κ1) is 33.6. The average molecular weight is 545 g/mol. The van der Waals surface area contributed by atoms with E-state index in [4.69, 9.17) is 14.2 Å². The van der Waals surface area contributed by atoms with E-state index in [1.807, 2.05) is 49.4 Å². The van der Waals surface area contributed by atoms with Crippen molar-refractivity contribution in [2.24, 2.45) is 5.92 Å². The van der Waals surface area contributed by atoms with Crippen molar-refractivity contribution < 1.29 is 28.6 Å². The third-order valence-electron chi connectivity index (χ3n) is 5.61. The molecule has 0 aliphatic carbocycles. The molecule has 0 fully saturated rings. The van der Waals surface area contributed by atoms with Gasteiger partial charge >= 0.3 is 17.9 Å². The van der Waals surface area contributed by atoms with Crippen molar-refractivity contribution in [2.75, 3.05) is 13.2 Å². The van der Waals surface area contributed by atoms with Crippen molar-refractivity contribution in [3.05, 3.63) is 126 Å². The Hall–Kier alpha value is -4.45. The van der Waals surface area contributed by atoms with E-state index in [1.54, 1.807) is 33.8 Å². The molecule has 0 spiro atoms. The van der Waals surface area contributed by atoms with E-state index in [0.717, 1.165) is 27.8 Å². The molecule has 40 heavy (non-hydrogen) atoms. The van der Waals surface area contributed by atoms with Gasteiger partial charge in [0.15, 0.2) is 0 Å². The van der Waals surface area contributed by atoms with Gasteiger partial charge in [-0.3, -0.25) is 0 Å². The zero-order valence-corrected chi connectivity index (χ0v) is 24.3. The minimum absolute atomic E-state index is 0.0897. The van der Waals surface area contributed by atoms with Crippen molar-refractivity contribution in [3.63, 3.8) is 0 Å². The maximum absolute atomic E-state index is 11.9. The fourth-order valence-electron chi connectivity index (χ4n) is 3.03. The zero-order chi connectivity index (χ0) is 30.4. The van der Waals surface area contributed by atoms with Gasteiger partial charge in [-0.15, -0.1) is 0 Å². The van der Waals surface area contributed by atoms with Crippen LogP contribution in [0.25, 0.3) is 5.57 Å². The number of hydrogen-bond acceptors (Lipinski definition) is 6. The summed E-state index contributed by atoms with van der Waals surface area (Å²) in [4.78, 5) is 35.3. The smallest absolute Gasteiger partial charge is 0.338 e. The maximum Gasteiger partial charge on any atom is 0.338 e. The Morgan fingerprint density at radius 2 is 1.23 bits per heavy atom. The molecule has 1 rings (SSSR count). The lowest BCUT2D eigenvalue weighted by Crippen LogP contribution is -2.23. The van der Waals surface area contributed by atoms with E-state index in [0.29, 0.717) is 28.9 Å². The quantitative estimate of drug-likeness (QED) is 0.0765. The summed E-state index contributed by atoms with van der Waals surface area (Å²) >= 11 is 0. The van der Waals surface area contributed by atoms with Crippen LogP contribution in [-0.4, -0.2) is 31.1 Å². The highest BCUT2D eigenvalue weighted by molar-refractivity contribution is 5.88. The predicted molar refractivity (Wildman–Crippen MR) is 161 cm³/mol. The van der Waals surface area contributed by atoms with Crippen LogP contribution in [0.3, 0.4) is 0 Å². The van der Waals surface area contributed by atoms with Crippen LogP contribution in [0.1, 0.15) is 45.7 Å². The van der Waals surface area contributed by atoms with Gasteiger partial charge in [0.05, 0.1) is 13.2 Å². The number of carbonyl (C=O) groups is 3. The molecule has 0 radical (unpaired) electrons. The number of carbonyl (C=O) groups excluding carboxylic acids is 3. The first-order chi connectivity index (χ1) is 18.7. The molecule has 0 atom stereocenters. The second-order valence-electron chi connectivity index (χ2n) is 9.71. The molecule has 1 aromatic carbocycles. The Labute approximate surface area is 238 Å². The normalized spacial score (nSPS) is 11.7. The highest BCUT2D eigenvalue weighted by Gasteiger charge is 2.17. The maximum atomic E-state index is 11.9. The molecule has 0 unspecified atom stereocenters. The van der Waals surface area contributed by atoms with Crippen LogP contribution in [-0.2, 0) is 35.0 Å². The number of esters is 3. The number of hydrogen-bond donors (Lipinski definition) is 0. The Morgan fingerprint density at radius 1 is 0.725 bits per heavy atom. The van der Waals surface area contributed by atoms with Gasteiger partial charge in [0.2, 0.25) is 0 Å². The largest absolute Gasteiger partial charge is 0.462 e. The molecular formula is C34H40O6. The second-order valence-corrected chi connectivity index (χ2v) is 9.71. The lowest BCUT2D eigenvalue weighted by molar-refractivity contribution is -0.144. The molecule has 0 amide bonds. The summed E-state index contributed by atoms with van der Waals surface area (Å²) in [5, 5.41) is 0. The Morgan fingerprint density at radius 3 is 1.70 bits per heavy atom. The first-order valence-corrected chi connectivity index (χ1v) is 12.7. The van der Waals surface area contributed by atoms with Crippen LogP contribution in [0.5, 0.6) is 0 Å². The molecule has 0 saturated heterocycles. The summed E-state index contributed by atoms with van der Waals surface area (Å²) in [6.07, 6.45) is 7.80. The van der Waals surface area contributed by atoms with Crippen LogP contribution >= 0.6 is 0 Å². The van der Waals surface area contributed by atoms with Gasteiger partial charge in [0.1, 0.15) is 5.76 Å². The highest BCUT2D eigenvalue weighted by Crippen LogP contribution is 2.19. The van der Waals surface area contributed by atoms with Gasteiger partial charge < -0.3 is 14.2 Å². The average Bonchev–Trinajstić information content (AvgIpc) is 2.91. The summed E-state index contributed by atoms with van der Waals surface area (Å²) in [7, 11) is 0. The first-order valence-electron chi connectivity index (χ1n) is 12.7. The number of benzene rings is 1. The van der Waals surface area contributed by atoms with E-state index in [2.05, 4.69) is 32.9 Å². The second kappa shape index (κ2) is 16.5. The lowest BCUT2D eigenvalue weighted by Gasteiger charge is -2.18. The highest BCUT2D eigenvalue weighted by atomic mass is 16.5. The van der Waals surface area contributed by atoms with Gasteiger partial charge in [-0.2, -0.15) is 0 Å². The topological polar surface area (TPSA) is 78.9 Å². The minimum Gasteiger partial charge on any atom is -0.462 e. The Kier molecular flexibility index (Phi) is 13.9. The standard InChI is InChI=1S/C34H40O6/c1-22(2)32(35)38-20-30(21-39-33(36)23(3)4)19-29-15-17-31(18-16-29)27(9)12-11-25(7)26(8)13-14-28(10)40-34(37)24(5)6/h11-18,30H,1,3,5,7,9,19-21H2,2,4,6,8,10H3/b12-11-,26-13+,28-14+. The van der Waals surface area contributed by atoms with E-state index < -0.39 is 17.9 Å². The molecule has 1 aromatic rings. The zero-order valence-electron chi connectivity index (χ0n) is 24.3. The fourth-order valence-corrected chi connectivity index (χ4v) is 3.03. The van der Waals surface area contributed by atoms with E-state index in [1.165, 1.54) is 0 Å². The summed E-state index contributed by atoms with van der Waals surface area (Å²) < 4.78 is 15.8. The van der Waals surface area contributed by atoms with Gasteiger partial charge in [0.25, 0.3) is 0 Å². The van der Waals surface area contributed by atoms with E-state index >= 15 is 0 Å². The summed E-state index contributed by atoms with van der Waals surface area (Å²) in [5.41, 5.74) is 5.33. The van der Waals surface area contributed by atoms with Crippen LogP contribution in [0.2, 0.25) is 0 Å². The number of ether oxygens (including phenoxy) is 3. The summed E-state index contributed by atoms with van der Waals surface area (Å²) in [6, 6.07) is 7.82. The van der Waals surface area contributed by atoms with E-state index in [-0.39, 0.29) is 19.1 Å². The molecule has 0 bridgehead atoms. The monoisotopic (exact) mass is 544 g/mol. The van der Waals surface area contributed by atoms with Gasteiger partial charge in [-0.25, -0.2) is 14.4 Å².